The van der Waals surface area contributed by atoms with E-state index in [0.29, 0.717) is 5.56 Å². The highest BCUT2D eigenvalue weighted by atomic mass is 32.1. The van der Waals surface area contributed by atoms with E-state index in [9.17, 15) is 0 Å². The molecule has 0 saturated carbocycles. The molecule has 2 unspecified atom stereocenters. The van der Waals surface area contributed by atoms with Gasteiger partial charge in [-0.1, -0.05) is 0 Å². The smallest absolute Gasteiger partial charge is 0.134 e. The largest absolute Gasteiger partial charge is 0.487 e. The van der Waals surface area contributed by atoms with Gasteiger partial charge in [-0.3, -0.25) is 5.43 Å². The van der Waals surface area contributed by atoms with Crippen molar-refractivity contribution in [1.82, 2.24) is 15.8 Å². The lowest BCUT2D eigenvalue weighted by Gasteiger charge is -2.18. The molecule has 0 aliphatic carbocycles. The molecule has 1 aromatic carbocycles. The maximum Gasteiger partial charge on any atom is 0.134 e. The molecule has 0 spiro atoms. The molecule has 2 aromatic rings. The molecule has 2 atom stereocenters. The number of nitrogens with zero attached hydrogens (tertiary/aromatic N) is 2. The summed E-state index contributed by atoms with van der Waals surface area (Å²) in [7, 11) is 0. The highest BCUT2D eigenvalue weighted by molar-refractivity contribution is 7.11. The second kappa shape index (κ2) is 5.59. The summed E-state index contributed by atoms with van der Waals surface area (Å²) in [5, 5.41) is 9.84. The number of thiazole rings is 1. The summed E-state index contributed by atoms with van der Waals surface area (Å²) in [5.41, 5.74) is 6.98. The minimum Gasteiger partial charge on any atom is -0.487 e. The first-order valence-corrected chi connectivity index (χ1v) is 7.15. The van der Waals surface area contributed by atoms with Crippen LogP contribution in [-0.4, -0.2) is 17.6 Å². The van der Waals surface area contributed by atoms with Gasteiger partial charge in [-0.05, 0) is 31.2 Å². The van der Waals surface area contributed by atoms with Crippen LogP contribution >= 0.6 is 11.3 Å². The van der Waals surface area contributed by atoms with Crippen molar-refractivity contribution in [3.05, 3.63) is 45.9 Å². The molecule has 2 heterocycles. The number of nitriles is 1. The molecule has 20 heavy (non-hydrogen) atoms. The van der Waals surface area contributed by atoms with Crippen molar-refractivity contribution in [3.8, 4) is 11.8 Å². The molecule has 3 rings (SSSR count). The van der Waals surface area contributed by atoms with E-state index in [2.05, 4.69) is 21.9 Å². The molecule has 5 nitrogen and oxygen atoms in total. The number of ether oxygens (including phenoxy) is 1. The van der Waals surface area contributed by atoms with E-state index < -0.39 is 0 Å². The maximum atomic E-state index is 8.79. The van der Waals surface area contributed by atoms with Crippen LogP contribution in [0.5, 0.6) is 5.75 Å². The Hall–Kier alpha value is -1.94. The third-order valence-corrected chi connectivity index (χ3v) is 4.15. The summed E-state index contributed by atoms with van der Waals surface area (Å²) in [6.45, 7) is 2.72. The van der Waals surface area contributed by atoms with Gasteiger partial charge < -0.3 is 4.74 Å². The van der Waals surface area contributed by atoms with Crippen LogP contribution < -0.4 is 15.6 Å². The molecule has 0 radical (unpaired) electrons. The SMILES string of the molecule is Cc1ncc(C2NNCC2Oc2ccc(C#N)cc2)s1. The number of aryl methyl sites for hydroxylation is 1. The fourth-order valence-electron chi connectivity index (χ4n) is 2.15. The number of hydrogen-bond donors (Lipinski definition) is 2. The molecule has 1 aromatic heterocycles. The Labute approximate surface area is 121 Å². The Morgan fingerprint density at radius 2 is 2.20 bits per heavy atom. The molecule has 6 heteroatoms. The summed E-state index contributed by atoms with van der Waals surface area (Å²) in [4.78, 5) is 5.44. The van der Waals surface area contributed by atoms with Crippen LogP contribution in [0.1, 0.15) is 21.5 Å². The monoisotopic (exact) mass is 286 g/mol. The lowest BCUT2D eigenvalue weighted by Crippen LogP contribution is -2.27. The van der Waals surface area contributed by atoms with Crippen LogP contribution in [0.15, 0.2) is 30.5 Å². The predicted octanol–water partition coefficient (Wildman–Crippen LogP) is 1.92. The molecule has 1 aliphatic heterocycles. The average molecular weight is 286 g/mol. The van der Waals surface area contributed by atoms with Crippen LogP contribution in [0.25, 0.3) is 0 Å². The van der Waals surface area contributed by atoms with E-state index in [-0.39, 0.29) is 12.1 Å². The first kappa shape index (κ1) is 13.1. The van der Waals surface area contributed by atoms with Gasteiger partial charge >= 0.3 is 0 Å². The van der Waals surface area contributed by atoms with E-state index in [1.807, 2.05) is 25.3 Å². The first-order valence-electron chi connectivity index (χ1n) is 6.34. The van der Waals surface area contributed by atoms with Gasteiger partial charge in [0.05, 0.1) is 22.7 Å². The van der Waals surface area contributed by atoms with Crippen molar-refractivity contribution in [3.63, 3.8) is 0 Å². The first-order chi connectivity index (χ1) is 9.76. The predicted molar refractivity (Wildman–Crippen MR) is 76.3 cm³/mol. The Balaban J connectivity index is 1.74. The zero-order valence-corrected chi connectivity index (χ0v) is 11.8. The molecule has 1 fully saturated rings. The molecule has 0 amide bonds. The number of benzene rings is 1. The van der Waals surface area contributed by atoms with Gasteiger partial charge in [-0.2, -0.15) is 5.26 Å². The van der Waals surface area contributed by atoms with Gasteiger partial charge in [0, 0.05) is 17.6 Å². The number of hydrazine groups is 1. The molecule has 1 aliphatic rings. The quantitative estimate of drug-likeness (QED) is 0.902. The second-order valence-electron chi connectivity index (χ2n) is 4.58. The molecule has 1 saturated heterocycles. The van der Waals surface area contributed by atoms with Crippen LogP contribution in [0, 0.1) is 18.3 Å². The van der Waals surface area contributed by atoms with E-state index in [1.165, 1.54) is 0 Å². The zero-order valence-electron chi connectivity index (χ0n) is 11.0. The van der Waals surface area contributed by atoms with Crippen LogP contribution in [-0.2, 0) is 0 Å². The lowest BCUT2D eigenvalue weighted by molar-refractivity contribution is 0.199. The van der Waals surface area contributed by atoms with E-state index in [0.717, 1.165) is 22.2 Å². The number of hydrogen-bond acceptors (Lipinski definition) is 6. The molecule has 2 N–H and O–H groups in total. The number of aromatic nitrogens is 1. The summed E-state index contributed by atoms with van der Waals surface area (Å²) < 4.78 is 6.00. The molecular formula is C14H14N4OS. The second-order valence-corrected chi connectivity index (χ2v) is 5.84. The molecule has 0 bridgehead atoms. The molecule has 102 valence electrons. The minimum absolute atomic E-state index is 0.00258. The highest BCUT2D eigenvalue weighted by Gasteiger charge is 2.31. The Kier molecular flexibility index (Phi) is 3.65. The average Bonchev–Trinajstić information content (AvgIpc) is 3.08. The van der Waals surface area contributed by atoms with Crippen molar-refractivity contribution < 1.29 is 4.74 Å². The normalized spacial score (nSPS) is 21.6. The summed E-state index contributed by atoms with van der Waals surface area (Å²) in [6.07, 6.45) is 1.89. The summed E-state index contributed by atoms with van der Waals surface area (Å²) in [6, 6.07) is 9.36. The number of rotatable bonds is 3. The van der Waals surface area contributed by atoms with Crippen LogP contribution in [0.4, 0.5) is 0 Å². The van der Waals surface area contributed by atoms with Crippen molar-refractivity contribution in [2.24, 2.45) is 0 Å². The minimum atomic E-state index is 0.00258. The topological polar surface area (TPSA) is 70.0 Å². The summed E-state index contributed by atoms with van der Waals surface area (Å²) in [5.74, 6) is 0.769. The molecular weight excluding hydrogens is 272 g/mol. The lowest BCUT2D eigenvalue weighted by atomic mass is 10.1. The van der Waals surface area contributed by atoms with Gasteiger partial charge in [0.1, 0.15) is 11.9 Å². The van der Waals surface area contributed by atoms with Gasteiger partial charge in [0.15, 0.2) is 0 Å². The zero-order chi connectivity index (χ0) is 13.9. The van der Waals surface area contributed by atoms with E-state index in [1.54, 1.807) is 23.5 Å². The Morgan fingerprint density at radius 3 is 2.85 bits per heavy atom. The van der Waals surface area contributed by atoms with Crippen molar-refractivity contribution in [2.75, 3.05) is 6.54 Å². The Bertz CT molecular complexity index is 631. The van der Waals surface area contributed by atoms with Gasteiger partial charge in [-0.25, -0.2) is 10.4 Å². The van der Waals surface area contributed by atoms with Crippen LogP contribution in [0.3, 0.4) is 0 Å². The summed E-state index contributed by atoms with van der Waals surface area (Å²) >= 11 is 1.67. The van der Waals surface area contributed by atoms with E-state index in [4.69, 9.17) is 10.00 Å². The number of nitrogens with one attached hydrogen (secondary N) is 2. The maximum absolute atomic E-state index is 8.79. The Morgan fingerprint density at radius 1 is 1.40 bits per heavy atom. The van der Waals surface area contributed by atoms with Gasteiger partial charge in [0.25, 0.3) is 0 Å². The van der Waals surface area contributed by atoms with Gasteiger partial charge in [-0.15, -0.1) is 11.3 Å². The highest BCUT2D eigenvalue weighted by Crippen LogP contribution is 2.28. The third kappa shape index (κ3) is 2.65. The van der Waals surface area contributed by atoms with Gasteiger partial charge in [0.2, 0.25) is 0 Å². The fourth-order valence-corrected chi connectivity index (χ4v) is 3.04. The van der Waals surface area contributed by atoms with Crippen molar-refractivity contribution >= 4 is 11.3 Å². The van der Waals surface area contributed by atoms with Crippen molar-refractivity contribution in [1.29, 1.82) is 5.26 Å². The third-order valence-electron chi connectivity index (χ3n) is 3.15. The van der Waals surface area contributed by atoms with E-state index >= 15 is 0 Å². The van der Waals surface area contributed by atoms with Crippen molar-refractivity contribution in [2.45, 2.75) is 19.1 Å². The standard InChI is InChI=1S/C14H14N4OS/c1-9-16-8-13(20-9)14-12(7-17-18-14)19-11-4-2-10(6-15)3-5-11/h2-5,8,12,14,17-18H,7H2,1H3. The van der Waals surface area contributed by atoms with Crippen LogP contribution in [0.2, 0.25) is 0 Å². The fraction of sp³-hybridized carbons (Fsp3) is 0.286.